The molecule has 0 aliphatic heterocycles. The lowest BCUT2D eigenvalue weighted by Crippen LogP contribution is -2.35. The number of nitrogens with zero attached hydrogens (tertiary/aromatic N) is 1. The maximum atomic E-state index is 13.5. The van der Waals surface area contributed by atoms with Crippen LogP contribution in [0.2, 0.25) is 0 Å². The van der Waals surface area contributed by atoms with E-state index in [1.807, 2.05) is 0 Å². The van der Waals surface area contributed by atoms with Crippen LogP contribution in [0.5, 0.6) is 0 Å². The van der Waals surface area contributed by atoms with Crippen LogP contribution >= 0.6 is 15.9 Å². The van der Waals surface area contributed by atoms with Gasteiger partial charge in [0.05, 0.1) is 19.3 Å². The topological polar surface area (TPSA) is 81.0 Å². The van der Waals surface area contributed by atoms with Crippen molar-refractivity contribution in [3.05, 3.63) is 34.1 Å². The first-order valence-corrected chi connectivity index (χ1v) is 5.96. The standard InChI is InChI=1S/C11H13BrFNO4/c12-7-1-2-8(9(13)5-7)10(16)6-14(3-4-15)11(17)18/h1-2,5,10,15-16H,3-4,6H2,(H,17,18). The molecule has 0 aromatic heterocycles. The van der Waals surface area contributed by atoms with Crippen LogP contribution in [0.4, 0.5) is 9.18 Å². The van der Waals surface area contributed by atoms with E-state index in [1.54, 1.807) is 6.07 Å². The van der Waals surface area contributed by atoms with E-state index in [-0.39, 0.29) is 25.3 Å². The highest BCUT2D eigenvalue weighted by molar-refractivity contribution is 9.10. The monoisotopic (exact) mass is 321 g/mol. The molecule has 1 aromatic carbocycles. The highest BCUT2D eigenvalue weighted by atomic mass is 79.9. The van der Waals surface area contributed by atoms with Gasteiger partial charge in [-0.2, -0.15) is 0 Å². The Balaban J connectivity index is 2.80. The summed E-state index contributed by atoms with van der Waals surface area (Å²) in [6.07, 6.45) is -2.55. The molecule has 0 spiro atoms. The zero-order valence-electron chi connectivity index (χ0n) is 9.38. The number of carboxylic acid groups (broad SMARTS) is 1. The van der Waals surface area contributed by atoms with Crippen molar-refractivity contribution in [3.8, 4) is 0 Å². The lowest BCUT2D eigenvalue weighted by atomic mass is 10.1. The molecule has 1 atom stereocenters. The summed E-state index contributed by atoms with van der Waals surface area (Å²) in [5, 5.41) is 27.3. The normalized spacial score (nSPS) is 12.2. The number of aliphatic hydroxyl groups is 2. The van der Waals surface area contributed by atoms with Crippen molar-refractivity contribution in [2.24, 2.45) is 0 Å². The summed E-state index contributed by atoms with van der Waals surface area (Å²) >= 11 is 3.09. The average Bonchev–Trinajstić information content (AvgIpc) is 2.27. The van der Waals surface area contributed by atoms with E-state index in [1.165, 1.54) is 12.1 Å². The third-order valence-electron chi connectivity index (χ3n) is 2.36. The predicted octanol–water partition coefficient (Wildman–Crippen LogP) is 1.59. The Bertz CT molecular complexity index is 430. The molecule has 0 fully saturated rings. The minimum Gasteiger partial charge on any atom is -0.465 e. The Morgan fingerprint density at radius 1 is 1.50 bits per heavy atom. The van der Waals surface area contributed by atoms with Gasteiger partial charge in [0.25, 0.3) is 0 Å². The number of rotatable bonds is 5. The fourth-order valence-corrected chi connectivity index (χ4v) is 1.80. The summed E-state index contributed by atoms with van der Waals surface area (Å²) in [4.78, 5) is 11.6. The van der Waals surface area contributed by atoms with E-state index in [0.29, 0.717) is 4.47 Å². The maximum absolute atomic E-state index is 13.5. The highest BCUT2D eigenvalue weighted by Gasteiger charge is 2.19. The second-order valence-electron chi connectivity index (χ2n) is 3.63. The summed E-state index contributed by atoms with van der Waals surface area (Å²) in [6, 6.07) is 4.12. The molecule has 0 aliphatic rings. The molecule has 1 aromatic rings. The summed E-state index contributed by atoms with van der Waals surface area (Å²) in [6.45, 7) is -0.791. The number of aliphatic hydroxyl groups excluding tert-OH is 2. The fourth-order valence-electron chi connectivity index (χ4n) is 1.46. The number of carbonyl (C=O) groups is 1. The number of hydrogen-bond acceptors (Lipinski definition) is 3. The predicted molar refractivity (Wildman–Crippen MR) is 65.7 cm³/mol. The van der Waals surface area contributed by atoms with Gasteiger partial charge in [-0.3, -0.25) is 0 Å². The van der Waals surface area contributed by atoms with Gasteiger partial charge in [-0.05, 0) is 12.1 Å². The average molecular weight is 322 g/mol. The van der Waals surface area contributed by atoms with Crippen molar-refractivity contribution in [3.63, 3.8) is 0 Å². The van der Waals surface area contributed by atoms with Gasteiger partial charge < -0.3 is 20.2 Å². The minimum absolute atomic E-state index is 0.0161. The first-order chi connectivity index (χ1) is 8.45. The Hall–Kier alpha value is -1.18. The van der Waals surface area contributed by atoms with E-state index >= 15 is 0 Å². The summed E-state index contributed by atoms with van der Waals surface area (Å²) in [7, 11) is 0. The molecule has 100 valence electrons. The van der Waals surface area contributed by atoms with Crippen molar-refractivity contribution < 1.29 is 24.5 Å². The Labute approximate surface area is 112 Å². The molecule has 5 nitrogen and oxygen atoms in total. The highest BCUT2D eigenvalue weighted by Crippen LogP contribution is 2.21. The number of amides is 1. The molecule has 0 saturated heterocycles. The Morgan fingerprint density at radius 3 is 2.67 bits per heavy atom. The molecule has 0 heterocycles. The zero-order chi connectivity index (χ0) is 13.7. The van der Waals surface area contributed by atoms with Crippen molar-refractivity contribution >= 4 is 22.0 Å². The molecular formula is C11H13BrFNO4. The molecular weight excluding hydrogens is 309 g/mol. The SMILES string of the molecule is O=C(O)N(CCO)CC(O)c1ccc(Br)cc1F. The molecule has 0 radical (unpaired) electrons. The van der Waals surface area contributed by atoms with Crippen LogP contribution < -0.4 is 0 Å². The van der Waals surface area contributed by atoms with Crippen molar-refractivity contribution in [2.75, 3.05) is 19.7 Å². The summed E-state index contributed by atoms with van der Waals surface area (Å²) < 4.78 is 14.1. The van der Waals surface area contributed by atoms with Gasteiger partial charge in [0.15, 0.2) is 0 Å². The Morgan fingerprint density at radius 2 is 2.17 bits per heavy atom. The third kappa shape index (κ3) is 3.94. The molecule has 7 heteroatoms. The van der Waals surface area contributed by atoms with Gasteiger partial charge in [-0.25, -0.2) is 9.18 Å². The largest absolute Gasteiger partial charge is 0.465 e. The zero-order valence-corrected chi connectivity index (χ0v) is 11.0. The summed E-state index contributed by atoms with van der Waals surface area (Å²) in [5.74, 6) is -0.619. The van der Waals surface area contributed by atoms with E-state index in [2.05, 4.69) is 15.9 Å². The number of benzene rings is 1. The lowest BCUT2D eigenvalue weighted by Gasteiger charge is -2.22. The maximum Gasteiger partial charge on any atom is 0.407 e. The first-order valence-electron chi connectivity index (χ1n) is 5.17. The van der Waals surface area contributed by atoms with E-state index in [4.69, 9.17) is 10.2 Å². The van der Waals surface area contributed by atoms with E-state index < -0.39 is 18.0 Å². The fraction of sp³-hybridized carbons (Fsp3) is 0.364. The van der Waals surface area contributed by atoms with Gasteiger partial charge in [-0.15, -0.1) is 0 Å². The summed E-state index contributed by atoms with van der Waals surface area (Å²) in [5.41, 5.74) is 0.0161. The van der Waals surface area contributed by atoms with E-state index in [0.717, 1.165) is 4.90 Å². The molecule has 1 unspecified atom stereocenters. The van der Waals surface area contributed by atoms with Crippen molar-refractivity contribution in [2.45, 2.75) is 6.10 Å². The van der Waals surface area contributed by atoms with Crippen LogP contribution in [0, 0.1) is 5.82 Å². The van der Waals surface area contributed by atoms with Gasteiger partial charge in [0, 0.05) is 16.6 Å². The molecule has 3 N–H and O–H groups in total. The quantitative estimate of drug-likeness (QED) is 0.769. The molecule has 0 bridgehead atoms. The smallest absolute Gasteiger partial charge is 0.407 e. The molecule has 0 aliphatic carbocycles. The number of halogens is 2. The van der Waals surface area contributed by atoms with Crippen molar-refractivity contribution in [1.29, 1.82) is 0 Å². The second kappa shape index (κ2) is 6.67. The van der Waals surface area contributed by atoms with Crippen LogP contribution in [-0.4, -0.2) is 46.0 Å². The third-order valence-corrected chi connectivity index (χ3v) is 2.85. The van der Waals surface area contributed by atoms with Gasteiger partial charge in [0.1, 0.15) is 5.82 Å². The lowest BCUT2D eigenvalue weighted by molar-refractivity contribution is 0.0856. The minimum atomic E-state index is -1.28. The first kappa shape index (κ1) is 14.9. The van der Waals surface area contributed by atoms with Crippen LogP contribution in [0.25, 0.3) is 0 Å². The van der Waals surface area contributed by atoms with Crippen LogP contribution in [0.1, 0.15) is 11.7 Å². The van der Waals surface area contributed by atoms with Gasteiger partial charge in [-0.1, -0.05) is 22.0 Å². The Kier molecular flexibility index (Phi) is 5.52. The van der Waals surface area contributed by atoms with E-state index in [9.17, 15) is 14.3 Å². The molecule has 18 heavy (non-hydrogen) atoms. The second-order valence-corrected chi connectivity index (χ2v) is 4.55. The number of hydrogen-bond donors (Lipinski definition) is 3. The molecule has 1 rings (SSSR count). The van der Waals surface area contributed by atoms with Crippen LogP contribution in [-0.2, 0) is 0 Å². The van der Waals surface area contributed by atoms with Gasteiger partial charge >= 0.3 is 6.09 Å². The van der Waals surface area contributed by atoms with Crippen molar-refractivity contribution in [1.82, 2.24) is 4.90 Å². The molecule has 1 amide bonds. The molecule has 0 saturated carbocycles. The van der Waals surface area contributed by atoms with Crippen LogP contribution in [0.3, 0.4) is 0 Å². The van der Waals surface area contributed by atoms with Crippen LogP contribution in [0.15, 0.2) is 22.7 Å². The van der Waals surface area contributed by atoms with Gasteiger partial charge in [0.2, 0.25) is 0 Å².